The van der Waals surface area contributed by atoms with E-state index in [4.69, 9.17) is 4.74 Å². The fourth-order valence-corrected chi connectivity index (χ4v) is 2.77. The zero-order valence-corrected chi connectivity index (χ0v) is 12.2. The van der Waals surface area contributed by atoms with E-state index < -0.39 is 0 Å². The Morgan fingerprint density at radius 1 is 1.56 bits per heavy atom. The lowest BCUT2D eigenvalue weighted by Gasteiger charge is -2.30. The molecule has 1 saturated heterocycles. The van der Waals surface area contributed by atoms with Crippen molar-refractivity contribution in [3.05, 3.63) is 31.9 Å². The van der Waals surface area contributed by atoms with Crippen LogP contribution in [0.2, 0.25) is 0 Å². The van der Waals surface area contributed by atoms with Gasteiger partial charge in [0.15, 0.2) is 0 Å². The van der Waals surface area contributed by atoms with Gasteiger partial charge in [-0.1, -0.05) is 6.92 Å². The minimum absolute atomic E-state index is 0.154. The van der Waals surface area contributed by atoms with Crippen molar-refractivity contribution in [1.82, 2.24) is 0 Å². The highest BCUT2D eigenvalue weighted by molar-refractivity contribution is 14.1. The Balaban J connectivity index is 2.10. The number of ether oxygens (including phenoxy) is 1. The SMILES string of the molecule is CC1COCCC1Nc1ccc([N+](=O)[O-])c(I)c1. The van der Waals surface area contributed by atoms with Crippen molar-refractivity contribution in [3.8, 4) is 0 Å². The number of hydrogen-bond acceptors (Lipinski definition) is 4. The van der Waals surface area contributed by atoms with Crippen LogP contribution in [0.5, 0.6) is 0 Å². The van der Waals surface area contributed by atoms with E-state index in [1.54, 1.807) is 12.1 Å². The van der Waals surface area contributed by atoms with E-state index in [0.29, 0.717) is 15.5 Å². The Hall–Kier alpha value is -0.890. The number of rotatable bonds is 3. The molecule has 98 valence electrons. The molecule has 0 radical (unpaired) electrons. The van der Waals surface area contributed by atoms with Crippen LogP contribution in [-0.4, -0.2) is 24.2 Å². The second-order valence-corrected chi connectivity index (χ2v) is 5.68. The zero-order valence-electron chi connectivity index (χ0n) is 10.1. The van der Waals surface area contributed by atoms with Gasteiger partial charge in [0.2, 0.25) is 0 Å². The molecule has 1 aliphatic rings. The third-order valence-corrected chi connectivity index (χ3v) is 4.00. The molecule has 6 heteroatoms. The Morgan fingerprint density at radius 2 is 2.33 bits per heavy atom. The molecule has 0 aromatic heterocycles. The van der Waals surface area contributed by atoms with Gasteiger partial charge in [-0.3, -0.25) is 10.1 Å². The zero-order chi connectivity index (χ0) is 13.1. The minimum Gasteiger partial charge on any atom is -0.382 e. The number of nitro benzene ring substituents is 1. The van der Waals surface area contributed by atoms with Crippen LogP contribution >= 0.6 is 22.6 Å². The molecule has 0 aliphatic carbocycles. The van der Waals surface area contributed by atoms with Gasteiger partial charge in [-0.15, -0.1) is 0 Å². The maximum atomic E-state index is 10.7. The lowest BCUT2D eigenvalue weighted by atomic mass is 9.97. The van der Waals surface area contributed by atoms with Gasteiger partial charge < -0.3 is 10.1 Å². The summed E-state index contributed by atoms with van der Waals surface area (Å²) in [6.45, 7) is 3.68. The molecular weight excluding hydrogens is 347 g/mol. The van der Waals surface area contributed by atoms with Crippen LogP contribution < -0.4 is 5.32 Å². The second-order valence-electron chi connectivity index (χ2n) is 4.52. The molecule has 2 atom stereocenters. The summed E-state index contributed by atoms with van der Waals surface area (Å²) in [5.74, 6) is 0.451. The summed E-state index contributed by atoms with van der Waals surface area (Å²) < 4.78 is 6.05. The molecule has 1 aromatic rings. The molecule has 0 spiro atoms. The van der Waals surface area contributed by atoms with Gasteiger partial charge in [0.1, 0.15) is 0 Å². The van der Waals surface area contributed by atoms with E-state index in [2.05, 4.69) is 12.2 Å². The molecule has 2 unspecified atom stereocenters. The monoisotopic (exact) mass is 362 g/mol. The highest BCUT2D eigenvalue weighted by Gasteiger charge is 2.22. The Kier molecular flexibility index (Phi) is 4.39. The van der Waals surface area contributed by atoms with Crippen molar-refractivity contribution >= 4 is 34.0 Å². The fraction of sp³-hybridized carbons (Fsp3) is 0.500. The first-order valence-electron chi connectivity index (χ1n) is 5.86. The molecule has 1 aliphatic heterocycles. The van der Waals surface area contributed by atoms with Gasteiger partial charge in [-0.05, 0) is 47.1 Å². The second kappa shape index (κ2) is 5.83. The van der Waals surface area contributed by atoms with Crippen LogP contribution in [0.25, 0.3) is 0 Å². The van der Waals surface area contributed by atoms with E-state index in [1.807, 2.05) is 28.7 Å². The first-order chi connectivity index (χ1) is 8.58. The van der Waals surface area contributed by atoms with Crippen molar-refractivity contribution in [1.29, 1.82) is 0 Å². The largest absolute Gasteiger partial charge is 0.382 e. The van der Waals surface area contributed by atoms with Gasteiger partial charge in [0.25, 0.3) is 5.69 Å². The number of anilines is 1. The van der Waals surface area contributed by atoms with Crippen LogP contribution in [0.3, 0.4) is 0 Å². The number of nitrogens with one attached hydrogen (secondary N) is 1. The van der Waals surface area contributed by atoms with Crippen molar-refractivity contribution in [3.63, 3.8) is 0 Å². The highest BCUT2D eigenvalue weighted by atomic mass is 127. The Bertz CT molecular complexity index is 453. The molecule has 5 nitrogen and oxygen atoms in total. The minimum atomic E-state index is -0.359. The third kappa shape index (κ3) is 3.11. The Morgan fingerprint density at radius 3 is 2.94 bits per heavy atom. The normalized spacial score (nSPS) is 23.7. The van der Waals surface area contributed by atoms with Crippen LogP contribution in [0.15, 0.2) is 18.2 Å². The fourth-order valence-electron chi connectivity index (χ4n) is 2.05. The van der Waals surface area contributed by atoms with E-state index in [-0.39, 0.29) is 10.6 Å². The third-order valence-electron chi connectivity index (χ3n) is 3.14. The van der Waals surface area contributed by atoms with Crippen LogP contribution in [0, 0.1) is 19.6 Å². The van der Waals surface area contributed by atoms with Gasteiger partial charge in [0, 0.05) is 24.4 Å². The number of hydrogen-bond donors (Lipinski definition) is 1. The maximum Gasteiger partial charge on any atom is 0.282 e. The predicted octanol–water partition coefficient (Wildman–Crippen LogP) is 3.04. The lowest BCUT2D eigenvalue weighted by molar-refractivity contribution is -0.385. The summed E-state index contributed by atoms with van der Waals surface area (Å²) in [4.78, 5) is 10.4. The molecule has 0 bridgehead atoms. The lowest BCUT2D eigenvalue weighted by Crippen LogP contribution is -2.35. The summed E-state index contributed by atoms with van der Waals surface area (Å²) >= 11 is 1.99. The molecule has 1 fully saturated rings. The summed E-state index contributed by atoms with van der Waals surface area (Å²) in [5, 5.41) is 14.2. The molecule has 2 rings (SSSR count). The van der Waals surface area contributed by atoms with E-state index in [9.17, 15) is 10.1 Å². The van der Waals surface area contributed by atoms with Crippen LogP contribution in [0.4, 0.5) is 11.4 Å². The maximum absolute atomic E-state index is 10.7. The standard InChI is InChI=1S/C12H15IN2O3/c1-8-7-18-5-4-11(8)14-9-2-3-12(15(16)17)10(13)6-9/h2-3,6,8,11,14H,4-5,7H2,1H3. The van der Waals surface area contributed by atoms with Gasteiger partial charge >= 0.3 is 0 Å². The summed E-state index contributed by atoms with van der Waals surface area (Å²) in [6, 6.07) is 5.51. The van der Waals surface area contributed by atoms with Crippen molar-refractivity contribution in [2.24, 2.45) is 5.92 Å². The quantitative estimate of drug-likeness (QED) is 0.510. The summed E-state index contributed by atoms with van der Waals surface area (Å²) in [5.41, 5.74) is 1.09. The number of halogens is 1. The van der Waals surface area contributed by atoms with Crippen molar-refractivity contribution in [2.45, 2.75) is 19.4 Å². The van der Waals surface area contributed by atoms with Crippen molar-refractivity contribution < 1.29 is 9.66 Å². The van der Waals surface area contributed by atoms with Crippen LogP contribution in [0.1, 0.15) is 13.3 Å². The summed E-state index contributed by atoms with van der Waals surface area (Å²) in [7, 11) is 0. The number of nitro groups is 1. The highest BCUT2D eigenvalue weighted by Crippen LogP contribution is 2.26. The first-order valence-corrected chi connectivity index (χ1v) is 6.94. The molecule has 1 aromatic carbocycles. The molecule has 1 N–H and O–H groups in total. The number of nitrogens with zero attached hydrogens (tertiary/aromatic N) is 1. The van der Waals surface area contributed by atoms with E-state index in [0.717, 1.165) is 25.3 Å². The first kappa shape index (κ1) is 13.5. The molecule has 18 heavy (non-hydrogen) atoms. The van der Waals surface area contributed by atoms with E-state index >= 15 is 0 Å². The topological polar surface area (TPSA) is 64.4 Å². The van der Waals surface area contributed by atoms with Crippen molar-refractivity contribution in [2.75, 3.05) is 18.5 Å². The molecule has 0 amide bonds. The smallest absolute Gasteiger partial charge is 0.282 e. The average molecular weight is 362 g/mol. The average Bonchev–Trinajstić information content (AvgIpc) is 2.32. The van der Waals surface area contributed by atoms with Gasteiger partial charge in [-0.25, -0.2) is 0 Å². The Labute approximate surface area is 119 Å². The number of benzene rings is 1. The molecule has 1 heterocycles. The molecule has 0 saturated carbocycles. The van der Waals surface area contributed by atoms with Gasteiger partial charge in [-0.2, -0.15) is 0 Å². The molecular formula is C12H15IN2O3. The predicted molar refractivity (Wildman–Crippen MR) is 77.8 cm³/mol. The van der Waals surface area contributed by atoms with E-state index in [1.165, 1.54) is 0 Å². The van der Waals surface area contributed by atoms with Gasteiger partial charge in [0.05, 0.1) is 15.1 Å². The van der Waals surface area contributed by atoms with Crippen LogP contribution in [-0.2, 0) is 4.74 Å². The summed E-state index contributed by atoms with van der Waals surface area (Å²) in [6.07, 6.45) is 0.967.